The molecule has 0 spiro atoms. The van der Waals surface area contributed by atoms with Gasteiger partial charge in [-0.1, -0.05) is 17.7 Å². The molecule has 2 rings (SSSR count). The number of hydrogen-bond donors (Lipinski definition) is 2. The topological polar surface area (TPSA) is 49.9 Å². The molecule has 0 aliphatic heterocycles. The molecule has 0 radical (unpaired) electrons. The Balaban J connectivity index is 2.08. The van der Waals surface area contributed by atoms with Crippen molar-refractivity contribution in [2.45, 2.75) is 26.4 Å². The van der Waals surface area contributed by atoms with Gasteiger partial charge in [-0.3, -0.25) is 5.10 Å². The Hall–Kier alpha value is -1.81. The van der Waals surface area contributed by atoms with Crippen molar-refractivity contribution in [1.82, 2.24) is 15.5 Å². The number of hydrogen-bond acceptors (Lipinski definition) is 3. The lowest BCUT2D eigenvalue weighted by Crippen LogP contribution is -2.18. The predicted octanol–water partition coefficient (Wildman–Crippen LogP) is 2.58. The van der Waals surface area contributed by atoms with Gasteiger partial charge in [-0.15, -0.1) is 0 Å². The number of methoxy groups -OCH3 is 1. The van der Waals surface area contributed by atoms with E-state index in [9.17, 15) is 0 Å². The molecule has 1 heterocycles. The molecular formula is C14H19N3O. The fraction of sp³-hybridized carbons (Fsp3) is 0.357. The highest BCUT2D eigenvalue weighted by molar-refractivity contribution is 5.38. The summed E-state index contributed by atoms with van der Waals surface area (Å²) in [5.41, 5.74) is 3.57. The second-order valence-corrected chi connectivity index (χ2v) is 4.45. The Morgan fingerprint density at radius 1 is 1.44 bits per heavy atom. The minimum atomic E-state index is 0.231. The molecule has 1 unspecified atom stereocenters. The van der Waals surface area contributed by atoms with Crippen molar-refractivity contribution in [3.8, 4) is 5.75 Å². The summed E-state index contributed by atoms with van der Waals surface area (Å²) in [5, 5.41) is 10.2. The van der Waals surface area contributed by atoms with Crippen molar-refractivity contribution in [3.63, 3.8) is 0 Å². The summed E-state index contributed by atoms with van der Waals surface area (Å²) in [6.07, 6.45) is 3.72. The molecule has 1 aromatic heterocycles. The third kappa shape index (κ3) is 2.90. The van der Waals surface area contributed by atoms with Crippen LogP contribution < -0.4 is 10.1 Å². The van der Waals surface area contributed by atoms with Gasteiger partial charge in [-0.05, 0) is 19.9 Å². The summed E-state index contributed by atoms with van der Waals surface area (Å²) in [6.45, 7) is 5.01. The lowest BCUT2D eigenvalue weighted by molar-refractivity contribution is 0.401. The second-order valence-electron chi connectivity index (χ2n) is 4.45. The van der Waals surface area contributed by atoms with Gasteiger partial charge in [0, 0.05) is 29.9 Å². The van der Waals surface area contributed by atoms with Crippen molar-refractivity contribution in [3.05, 3.63) is 47.3 Å². The highest BCUT2D eigenvalue weighted by atomic mass is 16.5. The van der Waals surface area contributed by atoms with Gasteiger partial charge in [-0.2, -0.15) is 5.10 Å². The molecule has 1 aromatic carbocycles. The normalized spacial score (nSPS) is 12.4. The third-order valence-corrected chi connectivity index (χ3v) is 3.02. The zero-order valence-electron chi connectivity index (χ0n) is 11.0. The van der Waals surface area contributed by atoms with E-state index in [2.05, 4.69) is 41.5 Å². The summed E-state index contributed by atoms with van der Waals surface area (Å²) in [6, 6.07) is 6.47. The first-order valence-electron chi connectivity index (χ1n) is 6.06. The lowest BCUT2D eigenvalue weighted by atomic mass is 10.0. The van der Waals surface area contributed by atoms with Crippen LogP contribution in [0, 0.1) is 6.92 Å². The van der Waals surface area contributed by atoms with Crippen LogP contribution in [0.2, 0.25) is 0 Å². The molecule has 2 aromatic rings. The van der Waals surface area contributed by atoms with Gasteiger partial charge in [0.25, 0.3) is 0 Å². The van der Waals surface area contributed by atoms with Crippen LogP contribution >= 0.6 is 0 Å². The van der Waals surface area contributed by atoms with Gasteiger partial charge < -0.3 is 10.1 Å². The van der Waals surface area contributed by atoms with E-state index >= 15 is 0 Å². The molecule has 96 valence electrons. The molecule has 0 aliphatic carbocycles. The molecule has 4 heteroatoms. The summed E-state index contributed by atoms with van der Waals surface area (Å²) in [7, 11) is 1.71. The highest BCUT2D eigenvalue weighted by Crippen LogP contribution is 2.26. The molecule has 0 bridgehead atoms. The first-order chi connectivity index (χ1) is 8.70. The van der Waals surface area contributed by atoms with Crippen LogP contribution in [0.3, 0.4) is 0 Å². The number of benzene rings is 1. The molecule has 0 saturated carbocycles. The predicted molar refractivity (Wildman–Crippen MR) is 71.6 cm³/mol. The zero-order chi connectivity index (χ0) is 13.0. The molecule has 2 N–H and O–H groups in total. The average molecular weight is 245 g/mol. The van der Waals surface area contributed by atoms with Crippen molar-refractivity contribution < 1.29 is 4.74 Å². The maximum absolute atomic E-state index is 5.40. The number of H-pyrrole nitrogens is 1. The quantitative estimate of drug-likeness (QED) is 0.851. The molecule has 0 amide bonds. The van der Waals surface area contributed by atoms with Gasteiger partial charge in [-0.25, -0.2) is 0 Å². The average Bonchev–Trinajstić information content (AvgIpc) is 2.89. The van der Waals surface area contributed by atoms with Gasteiger partial charge in [0.1, 0.15) is 5.75 Å². The summed E-state index contributed by atoms with van der Waals surface area (Å²) >= 11 is 0. The van der Waals surface area contributed by atoms with Crippen LogP contribution in [-0.2, 0) is 6.54 Å². The molecule has 1 atom stereocenters. The summed E-state index contributed by atoms with van der Waals surface area (Å²) < 4.78 is 5.40. The lowest BCUT2D eigenvalue weighted by Gasteiger charge is -2.17. The Labute approximate surface area is 107 Å². The highest BCUT2D eigenvalue weighted by Gasteiger charge is 2.11. The van der Waals surface area contributed by atoms with E-state index in [4.69, 9.17) is 4.74 Å². The largest absolute Gasteiger partial charge is 0.496 e. The summed E-state index contributed by atoms with van der Waals surface area (Å²) in [4.78, 5) is 0. The number of aryl methyl sites for hydroxylation is 1. The maximum atomic E-state index is 5.40. The smallest absolute Gasteiger partial charge is 0.123 e. The van der Waals surface area contributed by atoms with Crippen LogP contribution in [0.5, 0.6) is 5.75 Å². The van der Waals surface area contributed by atoms with Gasteiger partial charge in [0.05, 0.1) is 13.3 Å². The number of aromatic nitrogens is 2. The van der Waals surface area contributed by atoms with Crippen LogP contribution in [0.25, 0.3) is 0 Å². The van der Waals surface area contributed by atoms with Crippen molar-refractivity contribution in [2.75, 3.05) is 7.11 Å². The molecule has 4 nitrogen and oxygen atoms in total. The Kier molecular flexibility index (Phi) is 3.99. The standard InChI is InChI=1S/C14H19N3O/c1-10-4-5-14(18-3)13(6-10)11(2)15-7-12-8-16-17-9-12/h4-6,8-9,11,15H,7H2,1-3H3,(H,16,17). The SMILES string of the molecule is COc1ccc(C)cc1C(C)NCc1cn[nH]c1. The maximum Gasteiger partial charge on any atom is 0.123 e. The van der Waals surface area contributed by atoms with E-state index in [1.807, 2.05) is 18.5 Å². The van der Waals surface area contributed by atoms with E-state index < -0.39 is 0 Å². The fourth-order valence-corrected chi connectivity index (χ4v) is 1.95. The van der Waals surface area contributed by atoms with E-state index in [-0.39, 0.29) is 6.04 Å². The first kappa shape index (κ1) is 12.6. The Morgan fingerprint density at radius 2 is 2.28 bits per heavy atom. The molecule has 0 saturated heterocycles. The number of ether oxygens (including phenoxy) is 1. The second kappa shape index (κ2) is 5.69. The summed E-state index contributed by atoms with van der Waals surface area (Å²) in [5.74, 6) is 0.924. The van der Waals surface area contributed by atoms with Gasteiger partial charge in [0.2, 0.25) is 0 Å². The van der Waals surface area contributed by atoms with Crippen LogP contribution in [0.15, 0.2) is 30.6 Å². The minimum absolute atomic E-state index is 0.231. The Morgan fingerprint density at radius 3 is 2.94 bits per heavy atom. The van der Waals surface area contributed by atoms with E-state index in [1.54, 1.807) is 7.11 Å². The molecule has 0 fully saturated rings. The Bertz CT molecular complexity index is 494. The number of nitrogens with zero attached hydrogens (tertiary/aromatic N) is 1. The van der Waals surface area contributed by atoms with E-state index in [0.717, 1.165) is 17.9 Å². The number of aromatic amines is 1. The van der Waals surface area contributed by atoms with Crippen molar-refractivity contribution in [1.29, 1.82) is 0 Å². The first-order valence-corrected chi connectivity index (χ1v) is 6.06. The minimum Gasteiger partial charge on any atom is -0.496 e. The molecule has 18 heavy (non-hydrogen) atoms. The van der Waals surface area contributed by atoms with Crippen molar-refractivity contribution >= 4 is 0 Å². The molecule has 0 aliphatic rings. The third-order valence-electron chi connectivity index (χ3n) is 3.02. The van der Waals surface area contributed by atoms with Crippen LogP contribution in [0.1, 0.15) is 29.7 Å². The monoisotopic (exact) mass is 245 g/mol. The molecular weight excluding hydrogens is 226 g/mol. The van der Waals surface area contributed by atoms with Gasteiger partial charge in [0.15, 0.2) is 0 Å². The number of rotatable bonds is 5. The van der Waals surface area contributed by atoms with Crippen LogP contribution in [0.4, 0.5) is 0 Å². The fourth-order valence-electron chi connectivity index (χ4n) is 1.95. The van der Waals surface area contributed by atoms with Crippen molar-refractivity contribution in [2.24, 2.45) is 0 Å². The number of nitrogens with one attached hydrogen (secondary N) is 2. The zero-order valence-corrected chi connectivity index (χ0v) is 11.0. The van der Waals surface area contributed by atoms with E-state index in [0.29, 0.717) is 0 Å². The van der Waals surface area contributed by atoms with Gasteiger partial charge >= 0.3 is 0 Å². The van der Waals surface area contributed by atoms with E-state index in [1.165, 1.54) is 11.1 Å². The van der Waals surface area contributed by atoms with Crippen LogP contribution in [-0.4, -0.2) is 17.3 Å².